The molecule has 0 fully saturated rings. The average molecular weight is 324 g/mol. The minimum Gasteiger partial charge on any atom is -0.480 e. The SMILES string of the molecule is CSCC[C@@H](NC=O)C(=O)N[C@@H](Cc1ccccc1)C(=O)O. The largest absolute Gasteiger partial charge is 0.480 e. The van der Waals surface area contributed by atoms with Crippen LogP contribution in [0.3, 0.4) is 0 Å². The third kappa shape index (κ3) is 6.17. The first-order valence-electron chi connectivity index (χ1n) is 6.84. The Morgan fingerprint density at radius 1 is 1.27 bits per heavy atom. The van der Waals surface area contributed by atoms with Crippen LogP contribution in [0.25, 0.3) is 0 Å². The maximum absolute atomic E-state index is 12.1. The number of hydrogen-bond acceptors (Lipinski definition) is 4. The fourth-order valence-corrected chi connectivity index (χ4v) is 2.40. The third-order valence-corrected chi connectivity index (χ3v) is 3.74. The van der Waals surface area contributed by atoms with Crippen molar-refractivity contribution in [2.45, 2.75) is 24.9 Å². The van der Waals surface area contributed by atoms with Gasteiger partial charge in [0.25, 0.3) is 0 Å². The van der Waals surface area contributed by atoms with E-state index in [4.69, 9.17) is 0 Å². The number of aliphatic carboxylic acids is 1. The number of carbonyl (C=O) groups excluding carboxylic acids is 2. The van der Waals surface area contributed by atoms with E-state index in [1.165, 1.54) is 0 Å². The van der Waals surface area contributed by atoms with Gasteiger partial charge in [-0.25, -0.2) is 4.79 Å². The van der Waals surface area contributed by atoms with Gasteiger partial charge in [0.15, 0.2) is 0 Å². The molecule has 0 unspecified atom stereocenters. The molecule has 0 aromatic heterocycles. The van der Waals surface area contributed by atoms with Crippen molar-refractivity contribution in [2.75, 3.05) is 12.0 Å². The summed E-state index contributed by atoms with van der Waals surface area (Å²) in [5.41, 5.74) is 0.819. The molecule has 3 N–H and O–H groups in total. The Bertz CT molecular complexity index is 496. The molecular formula is C15H20N2O4S. The molecule has 1 aromatic rings. The summed E-state index contributed by atoms with van der Waals surface area (Å²) in [4.78, 5) is 34.0. The van der Waals surface area contributed by atoms with Crippen molar-refractivity contribution >= 4 is 30.0 Å². The number of carboxylic acids is 1. The number of rotatable bonds is 10. The number of amides is 2. The van der Waals surface area contributed by atoms with E-state index < -0.39 is 24.0 Å². The van der Waals surface area contributed by atoms with Gasteiger partial charge >= 0.3 is 5.97 Å². The zero-order valence-electron chi connectivity index (χ0n) is 12.3. The lowest BCUT2D eigenvalue weighted by Gasteiger charge is -2.20. The fourth-order valence-electron chi connectivity index (χ4n) is 1.93. The normalized spacial score (nSPS) is 13.0. The number of carbonyl (C=O) groups is 3. The predicted octanol–water partition coefficient (Wildman–Crippen LogP) is 0.666. The van der Waals surface area contributed by atoms with Crippen LogP contribution in [0.15, 0.2) is 30.3 Å². The van der Waals surface area contributed by atoms with Crippen LogP contribution in [-0.2, 0) is 20.8 Å². The summed E-state index contributed by atoms with van der Waals surface area (Å²) in [6.07, 6.45) is 2.99. The molecule has 2 atom stereocenters. The second-order valence-electron chi connectivity index (χ2n) is 4.71. The monoisotopic (exact) mass is 324 g/mol. The summed E-state index contributed by atoms with van der Waals surface area (Å²) in [5.74, 6) is -0.897. The highest BCUT2D eigenvalue weighted by Gasteiger charge is 2.25. The van der Waals surface area contributed by atoms with Gasteiger partial charge in [-0.1, -0.05) is 30.3 Å². The van der Waals surface area contributed by atoms with Crippen molar-refractivity contribution in [3.63, 3.8) is 0 Å². The molecule has 1 rings (SSSR count). The van der Waals surface area contributed by atoms with Gasteiger partial charge in [-0.15, -0.1) is 0 Å². The van der Waals surface area contributed by atoms with Gasteiger partial charge in [0.2, 0.25) is 12.3 Å². The Hall–Kier alpha value is -2.02. The number of nitrogens with one attached hydrogen (secondary N) is 2. The quantitative estimate of drug-likeness (QED) is 0.550. The molecule has 1 aromatic carbocycles. The molecule has 2 amide bonds. The summed E-state index contributed by atoms with van der Waals surface area (Å²) >= 11 is 1.55. The maximum atomic E-state index is 12.1. The zero-order chi connectivity index (χ0) is 16.4. The van der Waals surface area contributed by atoms with E-state index in [-0.39, 0.29) is 6.42 Å². The van der Waals surface area contributed by atoms with E-state index in [0.29, 0.717) is 18.6 Å². The van der Waals surface area contributed by atoms with Crippen molar-refractivity contribution in [3.8, 4) is 0 Å². The first-order chi connectivity index (χ1) is 10.6. The van der Waals surface area contributed by atoms with Crippen LogP contribution in [0.4, 0.5) is 0 Å². The summed E-state index contributed by atoms with van der Waals surface area (Å²) < 4.78 is 0. The number of carboxylic acid groups (broad SMARTS) is 1. The van der Waals surface area contributed by atoms with Crippen LogP contribution in [-0.4, -0.2) is 47.5 Å². The molecule has 0 aliphatic rings. The maximum Gasteiger partial charge on any atom is 0.326 e. The summed E-state index contributed by atoms with van der Waals surface area (Å²) in [6.45, 7) is 0. The Balaban J connectivity index is 2.69. The topological polar surface area (TPSA) is 95.5 Å². The molecule has 6 nitrogen and oxygen atoms in total. The highest BCUT2D eigenvalue weighted by molar-refractivity contribution is 7.98. The smallest absolute Gasteiger partial charge is 0.326 e. The molecule has 0 saturated carbocycles. The highest BCUT2D eigenvalue weighted by Crippen LogP contribution is 2.05. The standard InChI is InChI=1S/C15H20N2O4S/c1-22-8-7-12(16-10-18)14(19)17-13(15(20)21)9-11-5-3-2-4-6-11/h2-6,10,12-13H,7-9H2,1H3,(H,16,18)(H,17,19)(H,20,21)/t12-,13+/m1/s1. The van der Waals surface area contributed by atoms with Crippen molar-refractivity contribution in [1.29, 1.82) is 0 Å². The molecule has 0 bridgehead atoms. The van der Waals surface area contributed by atoms with Gasteiger partial charge in [0.05, 0.1) is 0 Å². The van der Waals surface area contributed by atoms with Crippen molar-refractivity contribution < 1.29 is 19.5 Å². The fraction of sp³-hybridized carbons (Fsp3) is 0.400. The minimum absolute atomic E-state index is 0.193. The molecule has 0 saturated heterocycles. The Morgan fingerprint density at radius 3 is 2.50 bits per heavy atom. The lowest BCUT2D eigenvalue weighted by Crippen LogP contribution is -2.50. The average Bonchev–Trinajstić information content (AvgIpc) is 2.51. The second-order valence-corrected chi connectivity index (χ2v) is 5.69. The molecular weight excluding hydrogens is 304 g/mol. The van der Waals surface area contributed by atoms with Gasteiger partial charge < -0.3 is 15.7 Å². The van der Waals surface area contributed by atoms with Crippen LogP contribution in [0.1, 0.15) is 12.0 Å². The van der Waals surface area contributed by atoms with Gasteiger partial charge in [-0.05, 0) is 24.0 Å². The molecule has 0 aliphatic heterocycles. The summed E-state index contributed by atoms with van der Waals surface area (Å²) in [7, 11) is 0. The molecule has 120 valence electrons. The number of thioether (sulfide) groups is 1. The molecule has 0 heterocycles. The molecule has 0 radical (unpaired) electrons. The van der Waals surface area contributed by atoms with E-state index >= 15 is 0 Å². The Labute approximate surface area is 133 Å². The van der Waals surface area contributed by atoms with E-state index in [0.717, 1.165) is 5.56 Å². The minimum atomic E-state index is -1.10. The second kappa shape index (κ2) is 9.83. The molecule has 22 heavy (non-hydrogen) atoms. The lowest BCUT2D eigenvalue weighted by molar-refractivity contribution is -0.142. The van der Waals surface area contributed by atoms with Crippen molar-refractivity contribution in [2.24, 2.45) is 0 Å². The van der Waals surface area contributed by atoms with Crippen LogP contribution in [0.5, 0.6) is 0 Å². The van der Waals surface area contributed by atoms with Gasteiger partial charge in [0, 0.05) is 6.42 Å². The molecule has 0 spiro atoms. The number of hydrogen-bond donors (Lipinski definition) is 3. The van der Waals surface area contributed by atoms with Crippen molar-refractivity contribution in [3.05, 3.63) is 35.9 Å². The Kier molecular flexibility index (Phi) is 8.06. The van der Waals surface area contributed by atoms with Crippen LogP contribution in [0.2, 0.25) is 0 Å². The first kappa shape index (κ1) is 18.0. The van der Waals surface area contributed by atoms with E-state index in [1.54, 1.807) is 23.9 Å². The Morgan fingerprint density at radius 2 is 1.95 bits per heavy atom. The summed E-state index contributed by atoms with van der Waals surface area (Å²) in [5, 5.41) is 14.2. The van der Waals surface area contributed by atoms with Crippen molar-refractivity contribution in [1.82, 2.24) is 10.6 Å². The van der Waals surface area contributed by atoms with E-state index in [1.807, 2.05) is 24.5 Å². The molecule has 7 heteroatoms. The third-order valence-electron chi connectivity index (χ3n) is 3.09. The van der Waals surface area contributed by atoms with Gasteiger partial charge in [-0.2, -0.15) is 11.8 Å². The predicted molar refractivity (Wildman–Crippen MR) is 85.7 cm³/mol. The zero-order valence-corrected chi connectivity index (χ0v) is 13.1. The lowest BCUT2D eigenvalue weighted by atomic mass is 10.1. The van der Waals surface area contributed by atoms with E-state index in [9.17, 15) is 19.5 Å². The van der Waals surface area contributed by atoms with Gasteiger partial charge in [-0.3, -0.25) is 9.59 Å². The highest BCUT2D eigenvalue weighted by atomic mass is 32.2. The number of benzene rings is 1. The summed E-state index contributed by atoms with van der Waals surface area (Å²) in [6, 6.07) is 7.32. The molecule has 0 aliphatic carbocycles. The van der Waals surface area contributed by atoms with E-state index in [2.05, 4.69) is 10.6 Å². The van der Waals surface area contributed by atoms with Crippen LogP contribution in [0, 0.1) is 0 Å². The van der Waals surface area contributed by atoms with Crippen LogP contribution >= 0.6 is 11.8 Å². The van der Waals surface area contributed by atoms with Gasteiger partial charge in [0.1, 0.15) is 12.1 Å². The van der Waals surface area contributed by atoms with Crippen LogP contribution < -0.4 is 10.6 Å². The first-order valence-corrected chi connectivity index (χ1v) is 8.23.